The minimum Gasteiger partial charge on any atom is -0.478 e. The third kappa shape index (κ3) is 5.75. The molecular weight excluding hydrogens is 560 g/mol. The Bertz CT molecular complexity index is 1700. The van der Waals surface area contributed by atoms with Gasteiger partial charge in [-0.2, -0.15) is 11.3 Å². The van der Waals surface area contributed by atoms with E-state index in [1.165, 1.54) is 54.0 Å². The maximum absolute atomic E-state index is 13.8. The highest BCUT2D eigenvalue weighted by atomic mass is 32.1. The second kappa shape index (κ2) is 11.8. The van der Waals surface area contributed by atoms with Crippen LogP contribution < -0.4 is 10.6 Å². The van der Waals surface area contributed by atoms with E-state index in [0.29, 0.717) is 42.2 Å². The van der Waals surface area contributed by atoms with E-state index in [-0.39, 0.29) is 11.8 Å². The van der Waals surface area contributed by atoms with E-state index in [0.717, 1.165) is 11.6 Å². The lowest BCUT2D eigenvalue weighted by Gasteiger charge is -2.29. The molecule has 0 unspecified atom stereocenters. The van der Waals surface area contributed by atoms with Gasteiger partial charge in [-0.1, -0.05) is 31.0 Å². The molecule has 1 aliphatic heterocycles. The van der Waals surface area contributed by atoms with Gasteiger partial charge in [-0.05, 0) is 85.1 Å². The van der Waals surface area contributed by atoms with Crippen LogP contribution in [-0.2, 0) is 16.6 Å². The lowest BCUT2D eigenvalue weighted by Crippen LogP contribution is -2.58. The first-order valence-corrected chi connectivity index (χ1v) is 15.7. The number of rotatable bonds is 8. The van der Waals surface area contributed by atoms with Gasteiger partial charge in [-0.3, -0.25) is 9.59 Å². The Balaban J connectivity index is 1.27. The smallest absolute Gasteiger partial charge is 0.328 e. The first-order chi connectivity index (χ1) is 20.7. The van der Waals surface area contributed by atoms with E-state index in [1.807, 2.05) is 24.1 Å². The number of anilines is 1. The number of hydrogen-bond donors (Lipinski definition) is 3. The summed E-state index contributed by atoms with van der Waals surface area (Å²) in [5.74, 6) is -1.06. The molecule has 2 aromatic carbocycles. The summed E-state index contributed by atoms with van der Waals surface area (Å²) in [6.07, 6.45) is 7.91. The van der Waals surface area contributed by atoms with Crippen LogP contribution in [0.15, 0.2) is 65.4 Å². The van der Waals surface area contributed by atoms with Crippen molar-refractivity contribution in [2.45, 2.75) is 43.6 Å². The maximum Gasteiger partial charge on any atom is 0.328 e. The van der Waals surface area contributed by atoms with Gasteiger partial charge in [0.1, 0.15) is 5.54 Å². The Morgan fingerprint density at radius 2 is 1.81 bits per heavy atom. The predicted octanol–water partition coefficient (Wildman–Crippen LogP) is 6.11. The van der Waals surface area contributed by atoms with Gasteiger partial charge in [0, 0.05) is 59.3 Å². The highest BCUT2D eigenvalue weighted by Crippen LogP contribution is 2.45. The number of aliphatic carboxylic acids is 1. The maximum atomic E-state index is 13.8. The van der Waals surface area contributed by atoms with E-state index in [2.05, 4.69) is 45.1 Å². The standard InChI is InChI=1S/C34H36N4O4S/c1-37-17-16-34(21-37,33(42)35-26-11-7-22(8-12-26)9-14-29(39)40)36-32(41)24-10-13-27-28(19-24)38(2)31(25-15-18-43-20-25)30(27)23-5-3-4-6-23/h7-15,18-20,23H,3-6,16-17,21H2,1-2H3,(H,35,42)(H,36,41)(H,39,40)/b14-9+/t34-/m0/s1. The summed E-state index contributed by atoms with van der Waals surface area (Å²) in [5, 5.41) is 20.4. The van der Waals surface area contributed by atoms with Crippen LogP contribution >= 0.6 is 11.3 Å². The fourth-order valence-corrected chi connectivity index (χ4v) is 7.35. The lowest BCUT2D eigenvalue weighted by atomic mass is 9.92. The Morgan fingerprint density at radius 3 is 2.47 bits per heavy atom. The molecule has 9 heteroatoms. The van der Waals surface area contributed by atoms with Gasteiger partial charge in [0.15, 0.2) is 0 Å². The fourth-order valence-electron chi connectivity index (χ4n) is 6.71. The van der Waals surface area contributed by atoms with E-state index in [9.17, 15) is 14.4 Å². The number of carboxylic acid groups (broad SMARTS) is 1. The van der Waals surface area contributed by atoms with E-state index >= 15 is 0 Å². The zero-order valence-corrected chi connectivity index (χ0v) is 25.2. The van der Waals surface area contributed by atoms with Gasteiger partial charge < -0.3 is 25.2 Å². The van der Waals surface area contributed by atoms with E-state index < -0.39 is 11.5 Å². The molecule has 2 fully saturated rings. The molecule has 1 atom stereocenters. The molecule has 2 aromatic heterocycles. The highest BCUT2D eigenvalue weighted by molar-refractivity contribution is 7.08. The lowest BCUT2D eigenvalue weighted by molar-refractivity contribution is -0.131. The summed E-state index contributed by atoms with van der Waals surface area (Å²) in [6.45, 7) is 1.07. The molecule has 0 spiro atoms. The van der Waals surface area contributed by atoms with Crippen molar-refractivity contribution in [3.05, 3.63) is 82.1 Å². The Hall–Kier alpha value is -4.21. The monoisotopic (exact) mass is 596 g/mol. The molecular formula is C34H36N4O4S. The largest absolute Gasteiger partial charge is 0.478 e. The molecule has 2 amide bonds. The Labute approximate surface area is 255 Å². The molecule has 2 aliphatic rings. The molecule has 1 aliphatic carbocycles. The van der Waals surface area contributed by atoms with Crippen molar-refractivity contribution in [3.8, 4) is 11.3 Å². The van der Waals surface area contributed by atoms with Gasteiger partial charge in [-0.25, -0.2) is 4.79 Å². The number of thiophene rings is 1. The molecule has 0 bridgehead atoms. The zero-order chi connectivity index (χ0) is 30.1. The quantitative estimate of drug-likeness (QED) is 0.213. The average Bonchev–Trinajstić information content (AvgIpc) is 3.81. The number of aryl methyl sites for hydroxylation is 1. The molecule has 43 heavy (non-hydrogen) atoms. The van der Waals surface area contributed by atoms with Crippen LogP contribution in [0.25, 0.3) is 28.2 Å². The first-order valence-electron chi connectivity index (χ1n) is 14.7. The van der Waals surface area contributed by atoms with Crippen LogP contribution in [-0.4, -0.2) is 58.0 Å². The minimum atomic E-state index is -1.09. The SMILES string of the molecule is CN1CC[C@@](NC(=O)c2ccc3c(C4CCCC4)c(-c4ccsc4)n(C)c3c2)(C(=O)Nc2ccc(/C=C/C(=O)O)cc2)C1. The van der Waals surface area contributed by atoms with Crippen LogP contribution in [0.3, 0.4) is 0 Å². The number of aromatic nitrogens is 1. The number of amides is 2. The second-order valence-corrected chi connectivity index (χ2v) is 12.6. The summed E-state index contributed by atoms with van der Waals surface area (Å²) in [7, 11) is 4.02. The number of likely N-dealkylation sites (N-methyl/N-ethyl adjacent to an activating group) is 1. The van der Waals surface area contributed by atoms with Crippen molar-refractivity contribution < 1.29 is 19.5 Å². The van der Waals surface area contributed by atoms with E-state index in [1.54, 1.807) is 35.6 Å². The fraction of sp³-hybridized carbons (Fsp3) is 0.324. The number of benzene rings is 2. The topological polar surface area (TPSA) is 104 Å². The molecule has 3 N–H and O–H groups in total. The Morgan fingerprint density at radius 1 is 1.05 bits per heavy atom. The van der Waals surface area contributed by atoms with Crippen LogP contribution in [0.1, 0.15) is 59.5 Å². The van der Waals surface area contributed by atoms with Crippen molar-refractivity contribution in [3.63, 3.8) is 0 Å². The van der Waals surface area contributed by atoms with Gasteiger partial charge >= 0.3 is 5.97 Å². The average molecular weight is 597 g/mol. The number of hydrogen-bond acceptors (Lipinski definition) is 5. The summed E-state index contributed by atoms with van der Waals surface area (Å²) < 4.78 is 2.23. The Kier molecular flexibility index (Phi) is 7.94. The number of fused-ring (bicyclic) bond motifs is 1. The number of carbonyl (C=O) groups is 3. The second-order valence-electron chi connectivity index (χ2n) is 11.8. The minimum absolute atomic E-state index is 0.276. The normalized spacial score (nSPS) is 19.4. The number of nitrogens with one attached hydrogen (secondary N) is 2. The third-order valence-electron chi connectivity index (χ3n) is 8.89. The van der Waals surface area contributed by atoms with Crippen LogP contribution in [0, 0.1) is 0 Å². The van der Waals surface area contributed by atoms with Crippen molar-refractivity contribution >= 4 is 51.8 Å². The van der Waals surface area contributed by atoms with Crippen LogP contribution in [0.5, 0.6) is 0 Å². The third-order valence-corrected chi connectivity index (χ3v) is 9.58. The highest BCUT2D eigenvalue weighted by Gasteiger charge is 2.45. The molecule has 4 aromatic rings. The zero-order valence-electron chi connectivity index (χ0n) is 24.4. The summed E-state index contributed by atoms with van der Waals surface area (Å²) in [5.41, 5.74) is 5.58. The van der Waals surface area contributed by atoms with Crippen molar-refractivity contribution in [2.75, 3.05) is 25.5 Å². The van der Waals surface area contributed by atoms with Crippen molar-refractivity contribution in [1.82, 2.24) is 14.8 Å². The molecule has 1 saturated heterocycles. The molecule has 3 heterocycles. The van der Waals surface area contributed by atoms with Crippen LogP contribution in [0.2, 0.25) is 0 Å². The predicted molar refractivity (Wildman–Crippen MR) is 171 cm³/mol. The van der Waals surface area contributed by atoms with Crippen LogP contribution in [0.4, 0.5) is 5.69 Å². The number of nitrogens with zero attached hydrogens (tertiary/aromatic N) is 2. The molecule has 6 rings (SSSR count). The molecule has 8 nitrogen and oxygen atoms in total. The van der Waals surface area contributed by atoms with Crippen molar-refractivity contribution in [1.29, 1.82) is 0 Å². The molecule has 1 saturated carbocycles. The number of carboxylic acids is 1. The number of likely N-dealkylation sites (tertiary alicyclic amines) is 1. The van der Waals surface area contributed by atoms with E-state index in [4.69, 9.17) is 5.11 Å². The summed E-state index contributed by atoms with van der Waals surface area (Å²) >= 11 is 1.69. The number of carbonyl (C=O) groups excluding carboxylic acids is 2. The summed E-state index contributed by atoms with van der Waals surface area (Å²) in [6, 6.07) is 15.0. The molecule has 222 valence electrons. The summed E-state index contributed by atoms with van der Waals surface area (Å²) in [4.78, 5) is 40.3. The van der Waals surface area contributed by atoms with Crippen molar-refractivity contribution in [2.24, 2.45) is 7.05 Å². The van der Waals surface area contributed by atoms with Gasteiger partial charge in [0.05, 0.1) is 5.69 Å². The van der Waals surface area contributed by atoms with Gasteiger partial charge in [0.25, 0.3) is 11.8 Å². The van der Waals surface area contributed by atoms with Gasteiger partial charge in [0.2, 0.25) is 0 Å². The van der Waals surface area contributed by atoms with Gasteiger partial charge in [-0.15, -0.1) is 0 Å². The first kappa shape index (κ1) is 28.9. The molecule has 0 radical (unpaired) electrons.